The Kier molecular flexibility index (Phi) is 1.72. The maximum absolute atomic E-state index is 8.48. The lowest BCUT2D eigenvalue weighted by molar-refractivity contribution is 0.319. The topological polar surface area (TPSA) is 52.8 Å². The predicted molar refractivity (Wildman–Crippen MR) is 41.8 cm³/mol. The molecule has 12 heavy (non-hydrogen) atoms. The fourth-order valence-corrected chi connectivity index (χ4v) is 1.38. The Morgan fingerprint density at radius 2 is 2.50 bits per heavy atom. The number of hydrogen-bond acceptors (Lipinski definition) is 4. The van der Waals surface area contributed by atoms with Gasteiger partial charge in [-0.25, -0.2) is 9.97 Å². The molecule has 0 spiro atoms. The van der Waals surface area contributed by atoms with Crippen molar-refractivity contribution >= 4 is 0 Å². The molecule has 0 atom stereocenters. The Morgan fingerprint density at radius 3 is 3.25 bits per heavy atom. The second kappa shape index (κ2) is 2.88. The van der Waals surface area contributed by atoms with E-state index in [9.17, 15) is 0 Å². The first-order valence-electron chi connectivity index (χ1n) is 3.77. The molecule has 0 aliphatic carbocycles. The first-order valence-corrected chi connectivity index (χ1v) is 3.77. The summed E-state index contributed by atoms with van der Waals surface area (Å²) in [5.74, 6) is 0. The van der Waals surface area contributed by atoms with Gasteiger partial charge in [0, 0.05) is 24.8 Å². The highest BCUT2D eigenvalue weighted by Gasteiger charge is 2.18. The lowest BCUT2D eigenvalue weighted by Gasteiger charge is -2.06. The lowest BCUT2D eigenvalue weighted by atomic mass is 10.3. The summed E-state index contributed by atoms with van der Waals surface area (Å²) in [5, 5.41) is 8.48. The van der Waals surface area contributed by atoms with E-state index in [0.29, 0.717) is 6.54 Å². The van der Waals surface area contributed by atoms with Crippen molar-refractivity contribution in [1.82, 2.24) is 14.9 Å². The van der Waals surface area contributed by atoms with E-state index in [1.165, 1.54) is 0 Å². The van der Waals surface area contributed by atoms with Gasteiger partial charge in [-0.2, -0.15) is 5.26 Å². The van der Waals surface area contributed by atoms with Gasteiger partial charge in [0.1, 0.15) is 6.33 Å². The summed E-state index contributed by atoms with van der Waals surface area (Å²) in [6.07, 6.45) is 3.37. The number of fused-ring (bicyclic) bond motifs is 1. The van der Waals surface area contributed by atoms with Crippen LogP contribution in [-0.2, 0) is 13.1 Å². The molecular formula is C8H8N4. The minimum Gasteiger partial charge on any atom is -0.280 e. The average Bonchev–Trinajstić information content (AvgIpc) is 2.47. The molecule has 2 heterocycles. The number of nitrogens with zero attached hydrogens (tertiary/aromatic N) is 4. The molecule has 0 bridgehead atoms. The Bertz CT molecular complexity index is 303. The van der Waals surface area contributed by atoms with Gasteiger partial charge in [-0.05, 0) is 0 Å². The quantitative estimate of drug-likeness (QED) is 0.555. The molecule has 1 aliphatic rings. The van der Waals surface area contributed by atoms with Crippen molar-refractivity contribution in [3.8, 4) is 6.07 Å². The van der Waals surface area contributed by atoms with Gasteiger partial charge in [-0.3, -0.25) is 4.90 Å². The summed E-state index contributed by atoms with van der Waals surface area (Å²) < 4.78 is 0. The van der Waals surface area contributed by atoms with Crippen molar-refractivity contribution in [2.45, 2.75) is 13.1 Å². The van der Waals surface area contributed by atoms with Crippen LogP contribution in [0.15, 0.2) is 12.5 Å². The largest absolute Gasteiger partial charge is 0.280 e. The predicted octanol–water partition coefficient (Wildman–Crippen LogP) is 0.316. The highest BCUT2D eigenvalue weighted by Crippen LogP contribution is 2.17. The molecule has 2 rings (SSSR count). The highest BCUT2D eigenvalue weighted by molar-refractivity contribution is 5.20. The Hall–Kier alpha value is -1.47. The second-order valence-corrected chi connectivity index (χ2v) is 2.80. The number of rotatable bonds is 1. The maximum atomic E-state index is 8.48. The normalized spacial score (nSPS) is 15.6. The molecule has 1 aromatic heterocycles. The molecule has 1 aromatic rings. The van der Waals surface area contributed by atoms with Gasteiger partial charge in [-0.1, -0.05) is 0 Å². The molecule has 60 valence electrons. The van der Waals surface area contributed by atoms with Crippen LogP contribution in [0.4, 0.5) is 0 Å². The summed E-state index contributed by atoms with van der Waals surface area (Å²) in [5.41, 5.74) is 2.20. The zero-order valence-electron chi connectivity index (χ0n) is 6.56. The summed E-state index contributed by atoms with van der Waals surface area (Å²) in [4.78, 5) is 10.1. The third kappa shape index (κ3) is 1.15. The molecule has 0 saturated carbocycles. The molecule has 0 fully saturated rings. The minimum atomic E-state index is 0.469. The standard InChI is InChI=1S/C8H8N4/c9-1-2-12-4-7-3-10-6-11-8(7)5-12/h3,6H,2,4-5H2. The first-order chi connectivity index (χ1) is 5.90. The van der Waals surface area contributed by atoms with Gasteiger partial charge < -0.3 is 0 Å². The van der Waals surface area contributed by atoms with Gasteiger partial charge >= 0.3 is 0 Å². The summed E-state index contributed by atoms with van der Waals surface area (Å²) in [6, 6.07) is 2.12. The van der Waals surface area contributed by atoms with E-state index in [1.54, 1.807) is 6.33 Å². The SMILES string of the molecule is N#CCN1Cc2cncnc2C1. The minimum absolute atomic E-state index is 0.469. The third-order valence-corrected chi connectivity index (χ3v) is 1.94. The maximum Gasteiger partial charge on any atom is 0.115 e. The third-order valence-electron chi connectivity index (χ3n) is 1.94. The smallest absolute Gasteiger partial charge is 0.115 e. The fourth-order valence-electron chi connectivity index (χ4n) is 1.38. The van der Waals surface area contributed by atoms with Gasteiger partial charge in [0.05, 0.1) is 18.3 Å². The van der Waals surface area contributed by atoms with Crippen molar-refractivity contribution in [3.63, 3.8) is 0 Å². The number of hydrogen-bond donors (Lipinski definition) is 0. The van der Waals surface area contributed by atoms with Crippen LogP contribution in [0.25, 0.3) is 0 Å². The van der Waals surface area contributed by atoms with E-state index in [0.717, 1.165) is 24.3 Å². The summed E-state index contributed by atoms with van der Waals surface area (Å²) in [7, 11) is 0. The average molecular weight is 160 g/mol. The van der Waals surface area contributed by atoms with E-state index in [1.807, 2.05) is 11.1 Å². The van der Waals surface area contributed by atoms with Gasteiger partial charge in [-0.15, -0.1) is 0 Å². The van der Waals surface area contributed by atoms with E-state index < -0.39 is 0 Å². The van der Waals surface area contributed by atoms with Crippen molar-refractivity contribution in [3.05, 3.63) is 23.8 Å². The molecule has 4 nitrogen and oxygen atoms in total. The highest BCUT2D eigenvalue weighted by atomic mass is 15.2. The first kappa shape index (κ1) is 7.19. The number of aromatic nitrogens is 2. The van der Waals surface area contributed by atoms with Crippen molar-refractivity contribution in [2.75, 3.05) is 6.54 Å². The van der Waals surface area contributed by atoms with Crippen LogP contribution >= 0.6 is 0 Å². The molecule has 0 amide bonds. The number of nitriles is 1. The van der Waals surface area contributed by atoms with E-state index >= 15 is 0 Å². The van der Waals surface area contributed by atoms with Crippen molar-refractivity contribution in [2.24, 2.45) is 0 Å². The zero-order valence-corrected chi connectivity index (χ0v) is 6.56. The van der Waals surface area contributed by atoms with E-state index in [-0.39, 0.29) is 0 Å². The van der Waals surface area contributed by atoms with Crippen LogP contribution in [0.2, 0.25) is 0 Å². The van der Waals surface area contributed by atoms with Crippen molar-refractivity contribution in [1.29, 1.82) is 5.26 Å². The monoisotopic (exact) mass is 160 g/mol. The lowest BCUT2D eigenvalue weighted by Crippen LogP contribution is -2.16. The van der Waals surface area contributed by atoms with E-state index in [2.05, 4.69) is 16.0 Å². The van der Waals surface area contributed by atoms with Crippen LogP contribution in [0.5, 0.6) is 0 Å². The van der Waals surface area contributed by atoms with Crippen molar-refractivity contribution < 1.29 is 0 Å². The summed E-state index contributed by atoms with van der Waals surface area (Å²) in [6.45, 7) is 2.06. The molecule has 1 aliphatic heterocycles. The van der Waals surface area contributed by atoms with E-state index in [4.69, 9.17) is 5.26 Å². The van der Waals surface area contributed by atoms with Gasteiger partial charge in [0.2, 0.25) is 0 Å². The molecule has 0 unspecified atom stereocenters. The van der Waals surface area contributed by atoms with Crippen LogP contribution in [-0.4, -0.2) is 21.4 Å². The second-order valence-electron chi connectivity index (χ2n) is 2.80. The van der Waals surface area contributed by atoms with Crippen LogP contribution in [0.1, 0.15) is 11.3 Å². The Balaban J connectivity index is 2.18. The van der Waals surface area contributed by atoms with Crippen LogP contribution < -0.4 is 0 Å². The molecule has 0 saturated heterocycles. The Labute approximate surface area is 70.5 Å². The molecule has 0 N–H and O–H groups in total. The fraction of sp³-hybridized carbons (Fsp3) is 0.375. The molecule has 4 heteroatoms. The zero-order chi connectivity index (χ0) is 8.39. The van der Waals surface area contributed by atoms with Crippen LogP contribution in [0.3, 0.4) is 0 Å². The molecule has 0 radical (unpaired) electrons. The molecule has 0 aromatic carbocycles. The molecular weight excluding hydrogens is 152 g/mol. The van der Waals surface area contributed by atoms with Gasteiger partial charge in [0.25, 0.3) is 0 Å². The van der Waals surface area contributed by atoms with Crippen LogP contribution in [0, 0.1) is 11.3 Å². The Morgan fingerprint density at radius 1 is 1.58 bits per heavy atom. The van der Waals surface area contributed by atoms with Gasteiger partial charge in [0.15, 0.2) is 0 Å². The summed E-state index contributed by atoms with van der Waals surface area (Å²) >= 11 is 0.